The normalized spacial score (nSPS) is 19.4. The van der Waals surface area contributed by atoms with Crippen LogP contribution in [0.1, 0.15) is 52.7 Å². The van der Waals surface area contributed by atoms with E-state index in [4.69, 9.17) is 9.15 Å². The monoisotopic (exact) mass is 457 g/mol. The third-order valence-electron chi connectivity index (χ3n) is 6.68. The summed E-state index contributed by atoms with van der Waals surface area (Å²) in [7, 11) is 1.58. The number of aliphatic hydroxyl groups excluding tert-OH is 1. The number of hydrogen-bond donors (Lipinski definition) is 1. The van der Waals surface area contributed by atoms with Crippen LogP contribution in [-0.2, 0) is 29.0 Å². The summed E-state index contributed by atoms with van der Waals surface area (Å²) in [6.45, 7) is 1.98. The van der Waals surface area contributed by atoms with Crippen LogP contribution in [0.15, 0.2) is 64.6 Å². The summed E-state index contributed by atoms with van der Waals surface area (Å²) in [6.07, 6.45) is 4.23. The van der Waals surface area contributed by atoms with Crippen molar-refractivity contribution in [1.82, 2.24) is 4.90 Å². The van der Waals surface area contributed by atoms with Gasteiger partial charge in [-0.3, -0.25) is 9.59 Å². The molecular formula is C28H27NO5. The summed E-state index contributed by atoms with van der Waals surface area (Å²) in [6, 6.07) is 15.9. The number of Topliss-reactive ketones (excluding diaryl/α,β-unsaturated/α-hetero) is 1. The number of furan rings is 1. The highest BCUT2D eigenvalue weighted by atomic mass is 16.5. The fourth-order valence-electron chi connectivity index (χ4n) is 4.94. The number of ketones is 1. The van der Waals surface area contributed by atoms with Crippen LogP contribution in [0.4, 0.5) is 0 Å². The van der Waals surface area contributed by atoms with Gasteiger partial charge in [-0.1, -0.05) is 24.3 Å². The number of hydrogen-bond acceptors (Lipinski definition) is 5. The Hall–Kier alpha value is -3.80. The number of methoxy groups -OCH3 is 1. The molecule has 1 atom stereocenters. The van der Waals surface area contributed by atoms with Crippen LogP contribution in [0.3, 0.4) is 0 Å². The Morgan fingerprint density at radius 3 is 2.59 bits per heavy atom. The molecule has 174 valence electrons. The van der Waals surface area contributed by atoms with Crippen LogP contribution in [0.5, 0.6) is 5.75 Å². The summed E-state index contributed by atoms with van der Waals surface area (Å²) in [5.41, 5.74) is 3.88. The number of carbonyl (C=O) groups is 2. The molecule has 2 heterocycles. The second kappa shape index (κ2) is 8.86. The Labute approximate surface area is 198 Å². The van der Waals surface area contributed by atoms with E-state index in [1.54, 1.807) is 26.2 Å². The SMILES string of the molecule is COc1cccc(CN2C(=O)C(=O)/C(=C(\O)c3ccc4c(c3)CCCC4)C2c2ccc(C)o2)c1. The number of amides is 1. The van der Waals surface area contributed by atoms with Crippen LogP contribution in [0.2, 0.25) is 0 Å². The van der Waals surface area contributed by atoms with Crippen LogP contribution < -0.4 is 4.74 Å². The molecule has 5 rings (SSSR count). The predicted molar refractivity (Wildman–Crippen MR) is 127 cm³/mol. The Kier molecular flexibility index (Phi) is 5.74. The highest BCUT2D eigenvalue weighted by Gasteiger charge is 2.47. The Balaban J connectivity index is 1.60. The summed E-state index contributed by atoms with van der Waals surface area (Å²) in [5.74, 6) is 0.223. The maximum absolute atomic E-state index is 13.2. The number of fused-ring (bicyclic) bond motifs is 1. The van der Waals surface area contributed by atoms with Gasteiger partial charge in [0, 0.05) is 12.1 Å². The maximum atomic E-state index is 13.2. The van der Waals surface area contributed by atoms with E-state index in [1.807, 2.05) is 42.5 Å². The topological polar surface area (TPSA) is 80.0 Å². The smallest absolute Gasteiger partial charge is 0.296 e. The minimum absolute atomic E-state index is 0.0537. The highest BCUT2D eigenvalue weighted by molar-refractivity contribution is 6.46. The van der Waals surface area contributed by atoms with Crippen molar-refractivity contribution in [3.05, 3.63) is 93.9 Å². The number of ether oxygens (including phenoxy) is 1. The van der Waals surface area contributed by atoms with Gasteiger partial charge in [-0.2, -0.15) is 0 Å². The van der Waals surface area contributed by atoms with E-state index in [0.717, 1.165) is 31.2 Å². The number of benzene rings is 2. The molecule has 1 fully saturated rings. The molecule has 1 N–H and O–H groups in total. The Morgan fingerprint density at radius 2 is 1.85 bits per heavy atom. The molecular weight excluding hydrogens is 430 g/mol. The minimum atomic E-state index is -0.823. The standard InChI is InChI=1S/C28H27NO5/c1-17-10-13-23(34-17)25-24(26(30)21-12-11-19-7-3-4-8-20(19)15-21)27(31)28(32)29(25)16-18-6-5-9-22(14-18)33-2/h5-6,9-15,25,30H,3-4,7-8,16H2,1-2H3/b26-24-. The molecule has 1 aromatic heterocycles. The molecule has 3 aromatic rings. The first-order valence-corrected chi connectivity index (χ1v) is 11.6. The van der Waals surface area contributed by atoms with Crippen molar-refractivity contribution in [1.29, 1.82) is 0 Å². The van der Waals surface area contributed by atoms with E-state index < -0.39 is 17.7 Å². The van der Waals surface area contributed by atoms with E-state index in [9.17, 15) is 14.7 Å². The molecule has 6 nitrogen and oxygen atoms in total. The van der Waals surface area contributed by atoms with Crippen LogP contribution in [-0.4, -0.2) is 28.8 Å². The van der Waals surface area contributed by atoms with Crippen LogP contribution in [0.25, 0.3) is 5.76 Å². The average Bonchev–Trinajstić information content (AvgIpc) is 3.39. The maximum Gasteiger partial charge on any atom is 0.296 e. The van der Waals surface area contributed by atoms with Gasteiger partial charge in [-0.05, 0) is 79.6 Å². The fraction of sp³-hybridized carbons (Fsp3) is 0.286. The van der Waals surface area contributed by atoms with Crippen molar-refractivity contribution in [3.63, 3.8) is 0 Å². The molecule has 0 bridgehead atoms. The number of carbonyl (C=O) groups excluding carboxylic acids is 2. The second-order valence-corrected chi connectivity index (χ2v) is 8.92. The average molecular weight is 458 g/mol. The lowest BCUT2D eigenvalue weighted by molar-refractivity contribution is -0.140. The third-order valence-corrected chi connectivity index (χ3v) is 6.68. The summed E-state index contributed by atoms with van der Waals surface area (Å²) in [4.78, 5) is 27.9. The zero-order valence-electron chi connectivity index (χ0n) is 19.3. The van der Waals surface area contributed by atoms with Crippen LogP contribution >= 0.6 is 0 Å². The zero-order valence-corrected chi connectivity index (χ0v) is 19.3. The van der Waals surface area contributed by atoms with Crippen molar-refractivity contribution in [3.8, 4) is 5.75 Å². The molecule has 6 heteroatoms. The molecule has 2 aliphatic rings. The van der Waals surface area contributed by atoms with E-state index in [2.05, 4.69) is 0 Å². The Bertz CT molecular complexity index is 1300. The first kappa shape index (κ1) is 22.0. The summed E-state index contributed by atoms with van der Waals surface area (Å²) < 4.78 is 11.2. The van der Waals surface area contributed by atoms with Gasteiger partial charge in [-0.25, -0.2) is 0 Å². The zero-order chi connectivity index (χ0) is 23.8. The molecule has 34 heavy (non-hydrogen) atoms. The molecule has 0 saturated carbocycles. The molecule has 1 aliphatic heterocycles. The second-order valence-electron chi connectivity index (χ2n) is 8.92. The summed E-state index contributed by atoms with van der Waals surface area (Å²) in [5, 5.41) is 11.3. The minimum Gasteiger partial charge on any atom is -0.507 e. The first-order chi connectivity index (χ1) is 16.5. The number of rotatable bonds is 5. The van der Waals surface area contributed by atoms with Gasteiger partial charge in [0.05, 0.1) is 12.7 Å². The van der Waals surface area contributed by atoms with Gasteiger partial charge < -0.3 is 19.2 Å². The lowest BCUT2D eigenvalue weighted by atomic mass is 9.89. The fourth-order valence-corrected chi connectivity index (χ4v) is 4.94. The molecule has 1 aliphatic carbocycles. The van der Waals surface area contributed by atoms with E-state index in [1.165, 1.54) is 16.0 Å². The van der Waals surface area contributed by atoms with Gasteiger partial charge >= 0.3 is 0 Å². The Morgan fingerprint density at radius 1 is 1.06 bits per heavy atom. The highest BCUT2D eigenvalue weighted by Crippen LogP contribution is 2.41. The first-order valence-electron chi connectivity index (χ1n) is 11.6. The number of aryl methyl sites for hydroxylation is 3. The molecule has 2 aromatic carbocycles. The van der Waals surface area contributed by atoms with E-state index in [0.29, 0.717) is 22.8 Å². The number of nitrogens with zero attached hydrogens (tertiary/aromatic N) is 1. The largest absolute Gasteiger partial charge is 0.507 e. The van der Waals surface area contributed by atoms with E-state index >= 15 is 0 Å². The van der Waals surface area contributed by atoms with Crippen LogP contribution in [0, 0.1) is 6.92 Å². The van der Waals surface area contributed by atoms with Gasteiger partial charge in [0.2, 0.25) is 0 Å². The number of aliphatic hydroxyl groups is 1. The quantitative estimate of drug-likeness (QED) is 0.328. The van der Waals surface area contributed by atoms with Crippen molar-refractivity contribution in [2.75, 3.05) is 7.11 Å². The molecule has 0 spiro atoms. The van der Waals surface area contributed by atoms with Gasteiger partial charge in [0.1, 0.15) is 29.1 Å². The number of likely N-dealkylation sites (tertiary alicyclic amines) is 1. The molecule has 1 saturated heterocycles. The molecule has 0 radical (unpaired) electrons. The van der Waals surface area contributed by atoms with Crippen molar-refractivity contribution in [2.45, 2.75) is 45.2 Å². The van der Waals surface area contributed by atoms with Gasteiger partial charge in [-0.15, -0.1) is 0 Å². The van der Waals surface area contributed by atoms with Crippen molar-refractivity contribution in [2.24, 2.45) is 0 Å². The third kappa shape index (κ3) is 3.89. The van der Waals surface area contributed by atoms with Crippen molar-refractivity contribution < 1.29 is 23.8 Å². The van der Waals surface area contributed by atoms with Crippen molar-refractivity contribution >= 4 is 17.4 Å². The molecule has 1 amide bonds. The molecule has 1 unspecified atom stereocenters. The van der Waals surface area contributed by atoms with Gasteiger partial charge in [0.15, 0.2) is 0 Å². The lowest BCUT2D eigenvalue weighted by Crippen LogP contribution is -2.29. The summed E-state index contributed by atoms with van der Waals surface area (Å²) >= 11 is 0. The van der Waals surface area contributed by atoms with E-state index in [-0.39, 0.29) is 17.9 Å². The lowest BCUT2D eigenvalue weighted by Gasteiger charge is -2.24. The van der Waals surface area contributed by atoms with Gasteiger partial charge in [0.25, 0.3) is 11.7 Å². The predicted octanol–water partition coefficient (Wildman–Crippen LogP) is 5.10.